The summed E-state index contributed by atoms with van der Waals surface area (Å²) in [6, 6.07) is 4.26. The zero-order valence-corrected chi connectivity index (χ0v) is 17.8. The van der Waals surface area contributed by atoms with E-state index in [1.807, 2.05) is 0 Å². The molecule has 0 bridgehead atoms. The predicted octanol–water partition coefficient (Wildman–Crippen LogP) is 0.274. The standard InChI is InChI=1S/C20H20F3N3O8/c1-18(9-27)15(29)16(30)19(2,34-18)26-6-5-14(28)25(17(26)31)8-12-11-4-3-10(32-20(21,22)23)7-13(11)33-24-12/h3-7,15-16,27,29-30H,8-9H2,1-2H3/t15-,16?,18?,19?/m1/s1. The van der Waals surface area contributed by atoms with Gasteiger partial charge in [-0.05, 0) is 26.0 Å². The number of rotatable bonds is 5. The van der Waals surface area contributed by atoms with Gasteiger partial charge in [-0.3, -0.25) is 13.9 Å². The number of alkyl halides is 3. The van der Waals surface area contributed by atoms with Crippen molar-refractivity contribution >= 4 is 11.0 Å². The van der Waals surface area contributed by atoms with Gasteiger partial charge in [-0.25, -0.2) is 4.79 Å². The largest absolute Gasteiger partial charge is 0.573 e. The molecule has 14 heteroatoms. The predicted molar refractivity (Wildman–Crippen MR) is 107 cm³/mol. The Labute approximate surface area is 188 Å². The van der Waals surface area contributed by atoms with Gasteiger partial charge in [-0.1, -0.05) is 5.16 Å². The molecule has 0 aliphatic carbocycles. The maximum atomic E-state index is 13.2. The Hall–Kier alpha value is -3.20. The first-order valence-corrected chi connectivity index (χ1v) is 9.93. The Kier molecular flexibility index (Phi) is 5.59. The molecule has 0 spiro atoms. The summed E-state index contributed by atoms with van der Waals surface area (Å²) in [4.78, 5) is 25.7. The van der Waals surface area contributed by atoms with Gasteiger partial charge in [0.2, 0.25) is 0 Å². The lowest BCUT2D eigenvalue weighted by atomic mass is 9.96. The Morgan fingerprint density at radius 3 is 2.50 bits per heavy atom. The van der Waals surface area contributed by atoms with E-state index < -0.39 is 60.0 Å². The number of aliphatic hydroxyl groups is 3. The highest BCUT2D eigenvalue weighted by molar-refractivity contribution is 5.80. The Balaban J connectivity index is 1.72. The van der Waals surface area contributed by atoms with Gasteiger partial charge >= 0.3 is 12.1 Å². The summed E-state index contributed by atoms with van der Waals surface area (Å²) in [6.07, 6.45) is -6.99. The van der Waals surface area contributed by atoms with Crippen LogP contribution in [0.25, 0.3) is 11.0 Å². The minimum absolute atomic E-state index is 0.0654. The fraction of sp³-hybridized carbons (Fsp3) is 0.450. The fourth-order valence-electron chi connectivity index (χ4n) is 3.97. The molecule has 4 rings (SSSR count). The molecule has 34 heavy (non-hydrogen) atoms. The molecule has 3 aromatic rings. The van der Waals surface area contributed by atoms with Crippen LogP contribution in [0.1, 0.15) is 19.5 Å². The number of ether oxygens (including phenoxy) is 2. The Morgan fingerprint density at radius 1 is 1.18 bits per heavy atom. The summed E-state index contributed by atoms with van der Waals surface area (Å²) in [5.41, 5.74) is -5.08. The van der Waals surface area contributed by atoms with Crippen LogP contribution in [0.5, 0.6) is 5.75 Å². The average molecular weight is 487 g/mol. The molecular weight excluding hydrogens is 467 g/mol. The van der Waals surface area contributed by atoms with Crippen molar-refractivity contribution in [2.75, 3.05) is 6.61 Å². The van der Waals surface area contributed by atoms with E-state index >= 15 is 0 Å². The number of hydrogen-bond acceptors (Lipinski definition) is 9. The second-order valence-corrected chi connectivity index (χ2v) is 8.24. The number of fused-ring (bicyclic) bond motifs is 1. The zero-order valence-electron chi connectivity index (χ0n) is 17.8. The minimum atomic E-state index is -4.90. The number of benzene rings is 1. The van der Waals surface area contributed by atoms with E-state index in [1.165, 1.54) is 19.9 Å². The third kappa shape index (κ3) is 3.87. The summed E-state index contributed by atoms with van der Waals surface area (Å²) in [7, 11) is 0. The molecule has 2 aromatic heterocycles. The molecule has 11 nitrogen and oxygen atoms in total. The first-order chi connectivity index (χ1) is 15.8. The number of aromatic nitrogens is 3. The fourth-order valence-corrected chi connectivity index (χ4v) is 3.97. The zero-order chi connectivity index (χ0) is 25.1. The molecule has 3 heterocycles. The van der Waals surface area contributed by atoms with Crippen LogP contribution in [0.4, 0.5) is 13.2 Å². The summed E-state index contributed by atoms with van der Waals surface area (Å²) >= 11 is 0. The van der Waals surface area contributed by atoms with Crippen LogP contribution in [0.2, 0.25) is 0 Å². The molecule has 184 valence electrons. The maximum absolute atomic E-state index is 13.2. The molecule has 0 radical (unpaired) electrons. The molecule has 3 N–H and O–H groups in total. The lowest BCUT2D eigenvalue weighted by molar-refractivity contribution is -0.274. The highest BCUT2D eigenvalue weighted by atomic mass is 19.4. The van der Waals surface area contributed by atoms with Crippen molar-refractivity contribution in [3.63, 3.8) is 0 Å². The van der Waals surface area contributed by atoms with Gasteiger partial charge in [-0.15, -0.1) is 13.2 Å². The topological polar surface area (TPSA) is 149 Å². The Bertz CT molecular complexity index is 1350. The molecule has 1 aromatic carbocycles. The van der Waals surface area contributed by atoms with E-state index in [1.54, 1.807) is 0 Å². The van der Waals surface area contributed by atoms with Gasteiger partial charge in [0.1, 0.15) is 29.3 Å². The van der Waals surface area contributed by atoms with Crippen molar-refractivity contribution in [3.8, 4) is 5.75 Å². The van der Waals surface area contributed by atoms with Gasteiger partial charge in [0.25, 0.3) is 5.56 Å². The number of halogens is 3. The Morgan fingerprint density at radius 2 is 1.88 bits per heavy atom. The van der Waals surface area contributed by atoms with Crippen LogP contribution in [-0.4, -0.2) is 60.4 Å². The highest BCUT2D eigenvalue weighted by Gasteiger charge is 2.59. The van der Waals surface area contributed by atoms with Crippen LogP contribution < -0.4 is 16.0 Å². The van der Waals surface area contributed by atoms with Gasteiger partial charge in [-0.2, -0.15) is 0 Å². The first kappa shape index (κ1) is 23.9. The number of nitrogens with zero attached hydrogens (tertiary/aromatic N) is 3. The molecule has 0 amide bonds. The highest BCUT2D eigenvalue weighted by Crippen LogP contribution is 2.40. The van der Waals surface area contributed by atoms with Crippen molar-refractivity contribution in [1.82, 2.24) is 14.3 Å². The quantitative estimate of drug-likeness (QED) is 0.461. The second kappa shape index (κ2) is 7.94. The molecule has 3 unspecified atom stereocenters. The van der Waals surface area contributed by atoms with Crippen LogP contribution in [0, 0.1) is 0 Å². The summed E-state index contributed by atoms with van der Waals surface area (Å²) < 4.78 is 53.5. The van der Waals surface area contributed by atoms with Crippen molar-refractivity contribution in [1.29, 1.82) is 0 Å². The summed E-state index contributed by atoms with van der Waals surface area (Å²) in [5, 5.41) is 34.5. The number of hydrogen-bond donors (Lipinski definition) is 3. The SMILES string of the molecule is CC1(CO)OC(C)(n2ccc(=O)n(Cc3noc4cc(OC(F)(F)F)ccc34)c2=O)C(O)[C@H]1O. The molecule has 1 aliphatic rings. The lowest BCUT2D eigenvalue weighted by Gasteiger charge is -2.31. The van der Waals surface area contributed by atoms with Crippen molar-refractivity contribution in [2.24, 2.45) is 0 Å². The van der Waals surface area contributed by atoms with E-state index in [4.69, 9.17) is 9.26 Å². The van der Waals surface area contributed by atoms with E-state index in [0.717, 1.165) is 33.5 Å². The normalized spacial score (nSPS) is 27.4. The summed E-state index contributed by atoms with van der Waals surface area (Å²) in [5.74, 6) is -0.535. The summed E-state index contributed by atoms with van der Waals surface area (Å²) in [6.45, 7) is 1.59. The smallest absolute Gasteiger partial charge is 0.406 e. The van der Waals surface area contributed by atoms with Crippen LogP contribution in [0.15, 0.2) is 44.6 Å². The molecule has 1 fully saturated rings. The molecule has 0 saturated carbocycles. The molecular formula is C20H20F3N3O8. The van der Waals surface area contributed by atoms with Crippen LogP contribution >= 0.6 is 0 Å². The molecule has 4 atom stereocenters. The van der Waals surface area contributed by atoms with Gasteiger partial charge in [0.15, 0.2) is 11.3 Å². The first-order valence-electron chi connectivity index (χ1n) is 9.93. The molecule has 1 aliphatic heterocycles. The monoisotopic (exact) mass is 487 g/mol. The van der Waals surface area contributed by atoms with E-state index in [2.05, 4.69) is 9.89 Å². The van der Waals surface area contributed by atoms with Gasteiger partial charge < -0.3 is 29.3 Å². The van der Waals surface area contributed by atoms with Crippen molar-refractivity contribution < 1.29 is 42.5 Å². The van der Waals surface area contributed by atoms with Crippen molar-refractivity contribution in [2.45, 2.75) is 50.3 Å². The van der Waals surface area contributed by atoms with Crippen LogP contribution in [-0.2, 0) is 17.0 Å². The minimum Gasteiger partial charge on any atom is -0.406 e. The van der Waals surface area contributed by atoms with E-state index in [-0.39, 0.29) is 16.7 Å². The van der Waals surface area contributed by atoms with E-state index in [9.17, 15) is 38.1 Å². The third-order valence-corrected chi connectivity index (χ3v) is 5.83. The lowest BCUT2D eigenvalue weighted by Crippen LogP contribution is -2.52. The third-order valence-electron chi connectivity index (χ3n) is 5.83. The van der Waals surface area contributed by atoms with E-state index in [0.29, 0.717) is 0 Å². The van der Waals surface area contributed by atoms with Gasteiger partial charge in [0.05, 0.1) is 13.2 Å². The number of aliphatic hydroxyl groups excluding tert-OH is 3. The van der Waals surface area contributed by atoms with Crippen molar-refractivity contribution in [3.05, 3.63) is 57.0 Å². The molecule has 1 saturated heterocycles. The maximum Gasteiger partial charge on any atom is 0.573 e. The van der Waals surface area contributed by atoms with Gasteiger partial charge in [0, 0.05) is 23.7 Å². The second-order valence-electron chi connectivity index (χ2n) is 8.24. The average Bonchev–Trinajstić information content (AvgIpc) is 3.22. The van der Waals surface area contributed by atoms with Crippen LogP contribution in [0.3, 0.4) is 0 Å².